The second-order valence-electron chi connectivity index (χ2n) is 10.4. The first kappa shape index (κ1) is 20.0. The van der Waals surface area contributed by atoms with Gasteiger partial charge in [-0.1, -0.05) is 13.8 Å². The highest BCUT2D eigenvalue weighted by molar-refractivity contribution is 5.85. The second kappa shape index (κ2) is 6.91. The Hall–Kier alpha value is -1.26. The van der Waals surface area contributed by atoms with E-state index >= 15 is 4.39 Å². The van der Waals surface area contributed by atoms with Crippen LogP contribution in [0.25, 0.3) is 0 Å². The number of ether oxygens (including phenoxy) is 1. The van der Waals surface area contributed by atoms with E-state index in [0.717, 1.165) is 32.1 Å². The van der Waals surface area contributed by atoms with Gasteiger partial charge in [0, 0.05) is 25.7 Å². The van der Waals surface area contributed by atoms with E-state index in [9.17, 15) is 14.4 Å². The highest BCUT2D eigenvalue weighted by atomic mass is 19.1. The average Bonchev–Trinajstić information content (AvgIpc) is 2.96. The van der Waals surface area contributed by atoms with Gasteiger partial charge in [-0.05, 0) is 73.0 Å². The van der Waals surface area contributed by atoms with Gasteiger partial charge >= 0.3 is 5.97 Å². The topological polar surface area (TPSA) is 60.4 Å². The Balaban J connectivity index is 1.58. The van der Waals surface area contributed by atoms with Crippen LogP contribution in [0.5, 0.6) is 0 Å². The summed E-state index contributed by atoms with van der Waals surface area (Å²) in [5.41, 5.74) is -0.428. The highest BCUT2D eigenvalue weighted by Crippen LogP contribution is 2.67. The number of alkyl halides is 1. The number of ketones is 2. The Morgan fingerprint density at radius 1 is 1.14 bits per heavy atom. The van der Waals surface area contributed by atoms with Crippen LogP contribution in [0, 0.1) is 40.4 Å². The molecule has 0 saturated heterocycles. The van der Waals surface area contributed by atoms with Gasteiger partial charge in [0.2, 0.25) is 0 Å². The molecular formula is C23H33FO4. The quantitative estimate of drug-likeness (QED) is 0.672. The molecule has 4 rings (SSSR count). The first-order valence-corrected chi connectivity index (χ1v) is 11.0. The number of carbonyl (C=O) groups is 3. The van der Waals surface area contributed by atoms with Gasteiger partial charge < -0.3 is 4.74 Å². The number of esters is 1. The third kappa shape index (κ3) is 2.95. The molecule has 4 saturated carbocycles. The van der Waals surface area contributed by atoms with Crippen molar-refractivity contribution >= 4 is 17.5 Å². The molecule has 8 atom stereocenters. The van der Waals surface area contributed by atoms with Crippen LogP contribution in [0.4, 0.5) is 4.39 Å². The molecule has 0 bridgehead atoms. The number of fused-ring (bicyclic) bond motifs is 5. The monoisotopic (exact) mass is 392 g/mol. The van der Waals surface area contributed by atoms with Crippen LogP contribution in [0.1, 0.15) is 72.1 Å². The number of hydrogen-bond acceptors (Lipinski definition) is 4. The van der Waals surface area contributed by atoms with E-state index in [-0.39, 0.29) is 35.1 Å². The van der Waals surface area contributed by atoms with Crippen molar-refractivity contribution in [3.05, 3.63) is 0 Å². The summed E-state index contributed by atoms with van der Waals surface area (Å²) in [5, 5.41) is 0. The largest absolute Gasteiger partial charge is 0.458 e. The first-order chi connectivity index (χ1) is 13.2. The fourth-order valence-corrected chi connectivity index (χ4v) is 7.90. The molecule has 0 heterocycles. The van der Waals surface area contributed by atoms with E-state index < -0.39 is 12.1 Å². The third-order valence-corrected chi connectivity index (χ3v) is 9.18. The molecule has 0 aromatic rings. The number of rotatable bonds is 3. The molecule has 5 heteroatoms. The minimum Gasteiger partial charge on any atom is -0.458 e. The van der Waals surface area contributed by atoms with E-state index in [2.05, 4.69) is 13.8 Å². The Labute approximate surface area is 167 Å². The van der Waals surface area contributed by atoms with Crippen molar-refractivity contribution < 1.29 is 23.5 Å². The molecule has 0 unspecified atom stereocenters. The molecule has 28 heavy (non-hydrogen) atoms. The number of hydrogen-bond donors (Lipinski definition) is 0. The number of Topliss-reactive ketones (excluding diaryl/α,β-unsaturated/α-hetero) is 2. The lowest BCUT2D eigenvalue weighted by atomic mass is 9.44. The van der Waals surface area contributed by atoms with Crippen LogP contribution in [0.3, 0.4) is 0 Å². The lowest BCUT2D eigenvalue weighted by molar-refractivity contribution is -0.162. The fourth-order valence-electron chi connectivity index (χ4n) is 7.90. The first-order valence-electron chi connectivity index (χ1n) is 11.0. The highest BCUT2D eigenvalue weighted by Gasteiger charge is 2.64. The van der Waals surface area contributed by atoms with E-state index in [1.807, 2.05) is 0 Å². The smallest absolute Gasteiger partial charge is 0.303 e. The summed E-state index contributed by atoms with van der Waals surface area (Å²) in [5.74, 6) is 0.622. The van der Waals surface area contributed by atoms with E-state index in [4.69, 9.17) is 4.74 Å². The Morgan fingerprint density at radius 3 is 2.61 bits per heavy atom. The zero-order valence-corrected chi connectivity index (χ0v) is 17.3. The Kier molecular flexibility index (Phi) is 4.95. The summed E-state index contributed by atoms with van der Waals surface area (Å²) in [6.07, 6.45) is 5.25. The lowest BCUT2D eigenvalue weighted by Gasteiger charge is -2.61. The second-order valence-corrected chi connectivity index (χ2v) is 10.4. The van der Waals surface area contributed by atoms with Gasteiger partial charge in [-0.3, -0.25) is 14.4 Å². The van der Waals surface area contributed by atoms with Gasteiger partial charge in [-0.2, -0.15) is 0 Å². The van der Waals surface area contributed by atoms with Crippen LogP contribution in [0.15, 0.2) is 0 Å². The van der Waals surface area contributed by atoms with Gasteiger partial charge in [0.05, 0.1) is 0 Å². The van der Waals surface area contributed by atoms with E-state index in [0.29, 0.717) is 42.8 Å². The molecule has 156 valence electrons. The predicted octanol–water partition coefficient (Wildman–Crippen LogP) is 4.29. The van der Waals surface area contributed by atoms with Crippen molar-refractivity contribution in [2.75, 3.05) is 6.61 Å². The molecule has 0 aromatic carbocycles. The summed E-state index contributed by atoms with van der Waals surface area (Å²) in [6.45, 7) is 5.45. The summed E-state index contributed by atoms with van der Waals surface area (Å²) < 4.78 is 20.7. The summed E-state index contributed by atoms with van der Waals surface area (Å²) in [6, 6.07) is 0. The maximum absolute atomic E-state index is 15.8. The van der Waals surface area contributed by atoms with Crippen molar-refractivity contribution in [3.63, 3.8) is 0 Å². The standard InChI is InChI=1S/C23H33FO4/c1-13(25)28-12-20(27)18-7-6-17-16-5-4-14-10-15(26)8-9-22(14,2)21(16)19(24)11-23(17,18)3/h14,16-19,21H,4-12H2,1-3H3/t14-,16-,17-,18+,19+,21+,22-,23-/m0/s1. The van der Waals surface area contributed by atoms with Crippen LogP contribution in [-0.4, -0.2) is 30.3 Å². The molecular weight excluding hydrogens is 359 g/mol. The Morgan fingerprint density at radius 2 is 1.89 bits per heavy atom. The molecule has 0 radical (unpaired) electrons. The molecule has 0 amide bonds. The minimum absolute atomic E-state index is 0.0137. The van der Waals surface area contributed by atoms with Gasteiger partial charge in [0.15, 0.2) is 5.78 Å². The SMILES string of the molecule is CC(=O)OCC(=O)[C@H]1CC[C@H]2[C@@H]3CC[C@H]4CC(=O)CC[C@]4(C)[C@H]3[C@H](F)C[C@]12C. The molecule has 0 spiro atoms. The summed E-state index contributed by atoms with van der Waals surface area (Å²) >= 11 is 0. The van der Waals surface area contributed by atoms with Crippen LogP contribution in [0.2, 0.25) is 0 Å². The van der Waals surface area contributed by atoms with Crippen LogP contribution in [-0.2, 0) is 19.1 Å². The molecule has 4 nitrogen and oxygen atoms in total. The predicted molar refractivity (Wildman–Crippen MR) is 102 cm³/mol. The van der Waals surface area contributed by atoms with Crippen LogP contribution >= 0.6 is 0 Å². The summed E-state index contributed by atoms with van der Waals surface area (Å²) in [7, 11) is 0. The molecule has 0 aliphatic heterocycles. The minimum atomic E-state index is -0.922. The molecule has 4 aliphatic rings. The van der Waals surface area contributed by atoms with Crippen molar-refractivity contribution in [3.8, 4) is 0 Å². The van der Waals surface area contributed by atoms with Gasteiger partial charge in [0.25, 0.3) is 0 Å². The average molecular weight is 393 g/mol. The molecule has 4 fully saturated rings. The normalized spacial score (nSPS) is 47.6. The van der Waals surface area contributed by atoms with Gasteiger partial charge in [-0.25, -0.2) is 4.39 Å². The lowest BCUT2D eigenvalue weighted by Crippen LogP contribution is -2.58. The van der Waals surface area contributed by atoms with Crippen molar-refractivity contribution in [1.82, 2.24) is 0 Å². The molecule has 0 aromatic heterocycles. The maximum atomic E-state index is 15.8. The molecule has 4 aliphatic carbocycles. The van der Waals surface area contributed by atoms with Crippen molar-refractivity contribution in [2.24, 2.45) is 40.4 Å². The van der Waals surface area contributed by atoms with Gasteiger partial charge in [0.1, 0.15) is 18.6 Å². The maximum Gasteiger partial charge on any atom is 0.303 e. The number of carbonyl (C=O) groups excluding carboxylic acids is 3. The zero-order valence-electron chi connectivity index (χ0n) is 17.3. The van der Waals surface area contributed by atoms with Crippen molar-refractivity contribution in [2.45, 2.75) is 78.3 Å². The van der Waals surface area contributed by atoms with Crippen LogP contribution < -0.4 is 0 Å². The van der Waals surface area contributed by atoms with Crippen molar-refractivity contribution in [1.29, 1.82) is 0 Å². The fraction of sp³-hybridized carbons (Fsp3) is 0.870. The third-order valence-electron chi connectivity index (χ3n) is 9.18. The molecule has 0 N–H and O–H groups in total. The number of halogens is 1. The van der Waals surface area contributed by atoms with E-state index in [1.54, 1.807) is 0 Å². The summed E-state index contributed by atoms with van der Waals surface area (Å²) in [4.78, 5) is 35.9. The van der Waals surface area contributed by atoms with E-state index in [1.165, 1.54) is 6.92 Å². The zero-order chi connectivity index (χ0) is 20.3. The van der Waals surface area contributed by atoms with Gasteiger partial charge in [-0.15, -0.1) is 0 Å². The Bertz CT molecular complexity index is 690.